The van der Waals surface area contributed by atoms with E-state index in [1.54, 1.807) is 12.1 Å². The van der Waals surface area contributed by atoms with Crippen molar-refractivity contribution in [2.45, 2.75) is 55.9 Å². The number of allylic oxidation sites excluding steroid dienone is 1. The second-order valence-electron chi connectivity index (χ2n) is 7.13. The van der Waals surface area contributed by atoms with E-state index in [-0.39, 0.29) is 23.5 Å². The Morgan fingerprint density at radius 2 is 1.96 bits per heavy atom. The lowest BCUT2D eigenvalue weighted by molar-refractivity contribution is 0.0954. The third-order valence-electron chi connectivity index (χ3n) is 5.07. The minimum Gasteiger partial charge on any atom is -0.377 e. The van der Waals surface area contributed by atoms with Gasteiger partial charge >= 0.3 is 0 Å². The average molecular weight is 393 g/mol. The van der Waals surface area contributed by atoms with E-state index >= 15 is 0 Å². The van der Waals surface area contributed by atoms with Gasteiger partial charge in [-0.05, 0) is 69.2 Å². The van der Waals surface area contributed by atoms with Crippen LogP contribution in [-0.4, -0.2) is 40.1 Å². The Morgan fingerprint density at radius 3 is 2.63 bits per heavy atom. The fraction of sp³-hybridized carbons (Fsp3) is 0.550. The minimum atomic E-state index is -3.59. The molecule has 1 aliphatic heterocycles. The second-order valence-corrected chi connectivity index (χ2v) is 8.89. The lowest BCUT2D eigenvalue weighted by atomic mass is 9.97. The van der Waals surface area contributed by atoms with Gasteiger partial charge in [0.25, 0.3) is 5.91 Å². The van der Waals surface area contributed by atoms with Crippen LogP contribution >= 0.6 is 0 Å². The molecule has 1 aliphatic carbocycles. The lowest BCUT2D eigenvalue weighted by Crippen LogP contribution is -2.32. The predicted octanol–water partition coefficient (Wildman–Crippen LogP) is 2.76. The molecule has 0 radical (unpaired) electrons. The highest BCUT2D eigenvalue weighted by molar-refractivity contribution is 7.89. The molecule has 7 heteroatoms. The smallest absolute Gasteiger partial charge is 0.251 e. The number of benzene rings is 1. The van der Waals surface area contributed by atoms with E-state index in [2.05, 4.69) is 16.1 Å². The Morgan fingerprint density at radius 1 is 1.15 bits per heavy atom. The molecular weight excluding hydrogens is 364 g/mol. The maximum absolute atomic E-state index is 12.3. The van der Waals surface area contributed by atoms with Gasteiger partial charge in [-0.1, -0.05) is 11.6 Å². The van der Waals surface area contributed by atoms with Crippen LogP contribution < -0.4 is 10.0 Å². The third kappa shape index (κ3) is 5.89. The topological polar surface area (TPSA) is 84.5 Å². The van der Waals surface area contributed by atoms with Crippen LogP contribution in [0.5, 0.6) is 0 Å². The molecule has 0 saturated carbocycles. The van der Waals surface area contributed by atoms with Gasteiger partial charge in [0.1, 0.15) is 0 Å². The first-order valence-corrected chi connectivity index (χ1v) is 11.2. The first-order valence-electron chi connectivity index (χ1n) is 9.72. The van der Waals surface area contributed by atoms with Crippen molar-refractivity contribution in [3.8, 4) is 0 Å². The van der Waals surface area contributed by atoms with Gasteiger partial charge in [-0.25, -0.2) is 13.1 Å². The van der Waals surface area contributed by atoms with Crippen LogP contribution in [-0.2, 0) is 14.8 Å². The summed E-state index contributed by atoms with van der Waals surface area (Å²) in [6.07, 6.45) is 9.70. The molecule has 1 saturated heterocycles. The van der Waals surface area contributed by atoms with Crippen LogP contribution in [0, 0.1) is 0 Å². The number of sulfonamides is 1. The van der Waals surface area contributed by atoms with Gasteiger partial charge in [-0.3, -0.25) is 4.79 Å². The van der Waals surface area contributed by atoms with E-state index < -0.39 is 10.0 Å². The van der Waals surface area contributed by atoms with Crippen LogP contribution in [0.2, 0.25) is 0 Å². The maximum Gasteiger partial charge on any atom is 0.251 e. The van der Waals surface area contributed by atoms with Crippen LogP contribution in [0.1, 0.15) is 55.3 Å². The number of amides is 1. The summed E-state index contributed by atoms with van der Waals surface area (Å²) >= 11 is 0. The minimum absolute atomic E-state index is 0.0518. The van der Waals surface area contributed by atoms with Gasteiger partial charge in [0, 0.05) is 25.3 Å². The molecule has 6 nitrogen and oxygen atoms in total. The summed E-state index contributed by atoms with van der Waals surface area (Å²) in [5.41, 5.74) is 1.88. The molecule has 1 amide bonds. The van der Waals surface area contributed by atoms with Gasteiger partial charge in [-0.2, -0.15) is 0 Å². The molecular formula is C20H28N2O4S. The zero-order chi connectivity index (χ0) is 19.1. The molecule has 1 aromatic rings. The Balaban J connectivity index is 1.49. The Hall–Kier alpha value is -1.70. The van der Waals surface area contributed by atoms with Crippen molar-refractivity contribution < 1.29 is 17.9 Å². The molecule has 2 aliphatic rings. The molecule has 1 fully saturated rings. The molecule has 27 heavy (non-hydrogen) atoms. The van der Waals surface area contributed by atoms with Gasteiger partial charge in [-0.15, -0.1) is 0 Å². The first kappa shape index (κ1) is 20.0. The fourth-order valence-corrected chi connectivity index (χ4v) is 4.51. The van der Waals surface area contributed by atoms with Gasteiger partial charge in [0.15, 0.2) is 0 Å². The van der Waals surface area contributed by atoms with Crippen molar-refractivity contribution in [1.29, 1.82) is 0 Å². The molecule has 3 rings (SSSR count). The lowest BCUT2D eigenvalue weighted by Gasteiger charge is -2.13. The number of hydrogen-bond acceptors (Lipinski definition) is 4. The molecule has 2 N–H and O–H groups in total. The summed E-state index contributed by atoms with van der Waals surface area (Å²) in [5, 5.41) is 2.91. The van der Waals surface area contributed by atoms with Crippen molar-refractivity contribution in [1.82, 2.24) is 10.0 Å². The molecule has 1 heterocycles. The summed E-state index contributed by atoms with van der Waals surface area (Å²) in [5.74, 6) is -0.178. The van der Waals surface area contributed by atoms with E-state index in [0.29, 0.717) is 18.7 Å². The Labute approximate surface area is 161 Å². The number of nitrogens with one attached hydrogen (secondary N) is 2. The van der Waals surface area contributed by atoms with E-state index in [0.717, 1.165) is 32.1 Å². The van der Waals surface area contributed by atoms with Crippen LogP contribution in [0.4, 0.5) is 0 Å². The number of carbonyl (C=O) groups excluding carboxylic acids is 1. The Kier molecular flexibility index (Phi) is 7.04. The van der Waals surface area contributed by atoms with Crippen molar-refractivity contribution in [3.05, 3.63) is 41.5 Å². The average Bonchev–Trinajstić information content (AvgIpc) is 3.21. The molecule has 1 unspecified atom stereocenters. The summed E-state index contributed by atoms with van der Waals surface area (Å²) in [4.78, 5) is 12.4. The van der Waals surface area contributed by atoms with Crippen molar-refractivity contribution in [2.75, 3.05) is 19.7 Å². The highest BCUT2D eigenvalue weighted by Gasteiger charge is 2.20. The SMILES string of the molecule is O=C(NCCC1=CCCCC1)c1ccc(S(=O)(=O)NCC2CCCO2)cc1. The standard InChI is InChI=1S/C20H28N2O4S/c23-20(21-13-12-16-5-2-1-3-6-16)17-8-10-19(11-9-17)27(24,25)22-15-18-7-4-14-26-18/h5,8-11,18,22H,1-4,6-7,12-15H2,(H,21,23). The van der Waals surface area contributed by atoms with Crippen molar-refractivity contribution in [3.63, 3.8) is 0 Å². The highest BCUT2D eigenvalue weighted by atomic mass is 32.2. The summed E-state index contributed by atoms with van der Waals surface area (Å²) in [7, 11) is -3.59. The second kappa shape index (κ2) is 9.48. The highest BCUT2D eigenvalue weighted by Crippen LogP contribution is 2.19. The van der Waals surface area contributed by atoms with Crippen LogP contribution in [0.3, 0.4) is 0 Å². The summed E-state index contributed by atoms with van der Waals surface area (Å²) in [6, 6.07) is 6.04. The molecule has 148 valence electrons. The van der Waals surface area contributed by atoms with Gasteiger partial charge < -0.3 is 10.1 Å². The summed E-state index contributed by atoms with van der Waals surface area (Å²) in [6.45, 7) is 1.57. The fourth-order valence-electron chi connectivity index (χ4n) is 3.45. The summed E-state index contributed by atoms with van der Waals surface area (Å²) < 4.78 is 32.7. The zero-order valence-corrected chi connectivity index (χ0v) is 16.4. The number of ether oxygens (including phenoxy) is 1. The van der Waals surface area contributed by atoms with Crippen LogP contribution in [0.25, 0.3) is 0 Å². The molecule has 0 aromatic heterocycles. The quantitative estimate of drug-likeness (QED) is 0.666. The van der Waals surface area contributed by atoms with E-state index in [9.17, 15) is 13.2 Å². The van der Waals surface area contributed by atoms with E-state index in [4.69, 9.17) is 4.74 Å². The normalized spacial score (nSPS) is 20.3. The molecule has 1 aromatic carbocycles. The van der Waals surface area contributed by atoms with Crippen molar-refractivity contribution in [2.24, 2.45) is 0 Å². The third-order valence-corrected chi connectivity index (χ3v) is 6.51. The largest absolute Gasteiger partial charge is 0.377 e. The van der Waals surface area contributed by atoms with Gasteiger partial charge in [0.2, 0.25) is 10.0 Å². The predicted molar refractivity (Wildman–Crippen MR) is 104 cm³/mol. The molecule has 0 bridgehead atoms. The molecule has 1 atom stereocenters. The monoisotopic (exact) mass is 392 g/mol. The number of rotatable bonds is 8. The number of carbonyl (C=O) groups is 1. The van der Waals surface area contributed by atoms with Crippen molar-refractivity contribution >= 4 is 15.9 Å². The Bertz CT molecular complexity index is 766. The van der Waals surface area contributed by atoms with Crippen LogP contribution in [0.15, 0.2) is 40.8 Å². The van der Waals surface area contributed by atoms with E-state index in [1.807, 2.05) is 0 Å². The number of hydrogen-bond donors (Lipinski definition) is 2. The molecule has 0 spiro atoms. The maximum atomic E-state index is 12.3. The zero-order valence-electron chi connectivity index (χ0n) is 15.6. The van der Waals surface area contributed by atoms with Gasteiger partial charge in [0.05, 0.1) is 11.0 Å². The first-order chi connectivity index (χ1) is 13.0. The van der Waals surface area contributed by atoms with E-state index in [1.165, 1.54) is 30.5 Å².